The fourth-order valence-corrected chi connectivity index (χ4v) is 2.90. The topological polar surface area (TPSA) is 81.4 Å². The molecule has 0 saturated carbocycles. The number of benzene rings is 1. The van der Waals surface area contributed by atoms with Gasteiger partial charge in [-0.1, -0.05) is 18.2 Å². The summed E-state index contributed by atoms with van der Waals surface area (Å²) in [6.45, 7) is 2.50. The molecule has 0 heterocycles. The first kappa shape index (κ1) is 15.1. The lowest BCUT2D eigenvalue weighted by Crippen LogP contribution is -2.33. The molecule has 1 rings (SSSR count). The van der Waals surface area contributed by atoms with Crippen LogP contribution in [0.1, 0.15) is 12.0 Å². The summed E-state index contributed by atoms with van der Waals surface area (Å²) in [4.78, 5) is 0.310. The first-order valence-electron chi connectivity index (χ1n) is 5.77. The summed E-state index contributed by atoms with van der Waals surface area (Å²) >= 11 is 0. The van der Waals surface area contributed by atoms with Crippen LogP contribution in [0.2, 0.25) is 0 Å². The molecule has 6 heteroatoms. The molecule has 0 aliphatic rings. The van der Waals surface area contributed by atoms with Crippen molar-refractivity contribution in [3.63, 3.8) is 0 Å². The summed E-state index contributed by atoms with van der Waals surface area (Å²) in [7, 11) is -1.88. The van der Waals surface area contributed by atoms with Gasteiger partial charge in [0, 0.05) is 19.7 Å². The molecular weight excluding hydrogens is 252 g/mol. The third-order valence-corrected chi connectivity index (χ3v) is 4.19. The molecule has 0 amide bonds. The van der Waals surface area contributed by atoms with Gasteiger partial charge in [0.25, 0.3) is 0 Å². The minimum absolute atomic E-state index is 0.158. The number of aryl methyl sites for hydroxylation is 1. The van der Waals surface area contributed by atoms with Crippen LogP contribution in [0.15, 0.2) is 29.2 Å². The molecule has 0 radical (unpaired) electrons. The van der Waals surface area contributed by atoms with Crippen LogP contribution in [0.4, 0.5) is 0 Å². The van der Waals surface area contributed by atoms with E-state index in [1.54, 1.807) is 32.2 Å². The smallest absolute Gasteiger partial charge is 0.240 e. The highest BCUT2D eigenvalue weighted by molar-refractivity contribution is 7.89. The van der Waals surface area contributed by atoms with Gasteiger partial charge in [-0.3, -0.25) is 0 Å². The van der Waals surface area contributed by atoms with Crippen molar-refractivity contribution in [3.8, 4) is 0 Å². The van der Waals surface area contributed by atoms with Crippen molar-refractivity contribution in [2.24, 2.45) is 5.73 Å². The van der Waals surface area contributed by atoms with Crippen LogP contribution >= 0.6 is 0 Å². The van der Waals surface area contributed by atoms with Gasteiger partial charge >= 0.3 is 0 Å². The van der Waals surface area contributed by atoms with E-state index in [1.165, 1.54) is 0 Å². The predicted octanol–water partition coefficient (Wildman–Crippen LogP) is 0.637. The molecule has 5 nitrogen and oxygen atoms in total. The largest absolute Gasteiger partial charge is 0.383 e. The maximum atomic E-state index is 12.0. The molecule has 0 aliphatic carbocycles. The Morgan fingerprint density at radius 3 is 2.67 bits per heavy atom. The highest BCUT2D eigenvalue weighted by atomic mass is 32.2. The maximum Gasteiger partial charge on any atom is 0.240 e. The standard InChI is InChI=1S/C12H20N2O3S/c1-10-5-3-4-6-12(10)18(15,16)14-8-7-11(13)9-17-2/h3-6,11,14H,7-9,13H2,1-2H3. The van der Waals surface area contributed by atoms with Crippen LogP contribution in [0.5, 0.6) is 0 Å². The second-order valence-electron chi connectivity index (χ2n) is 4.17. The first-order chi connectivity index (χ1) is 8.47. The summed E-state index contributed by atoms with van der Waals surface area (Å²) in [5.74, 6) is 0. The van der Waals surface area contributed by atoms with Crippen molar-refractivity contribution in [2.45, 2.75) is 24.3 Å². The molecule has 1 aromatic carbocycles. The summed E-state index contributed by atoms with van der Waals surface area (Å²) < 4.78 is 31.4. The van der Waals surface area contributed by atoms with Crippen molar-refractivity contribution in [1.82, 2.24) is 4.72 Å². The number of methoxy groups -OCH3 is 1. The van der Waals surface area contributed by atoms with Gasteiger partial charge in [0.05, 0.1) is 11.5 Å². The van der Waals surface area contributed by atoms with Crippen LogP contribution in [0.25, 0.3) is 0 Å². The lowest BCUT2D eigenvalue weighted by molar-refractivity contribution is 0.177. The average molecular weight is 272 g/mol. The fraction of sp³-hybridized carbons (Fsp3) is 0.500. The maximum absolute atomic E-state index is 12.0. The number of ether oxygens (including phenoxy) is 1. The lowest BCUT2D eigenvalue weighted by atomic mass is 10.2. The number of rotatable bonds is 7. The van der Waals surface area contributed by atoms with E-state index in [0.717, 1.165) is 5.56 Å². The van der Waals surface area contributed by atoms with E-state index in [-0.39, 0.29) is 6.04 Å². The highest BCUT2D eigenvalue weighted by Crippen LogP contribution is 2.13. The second kappa shape index (κ2) is 6.84. The Balaban J connectivity index is 2.59. The average Bonchev–Trinajstić information content (AvgIpc) is 2.29. The van der Waals surface area contributed by atoms with Crippen LogP contribution in [0.3, 0.4) is 0 Å². The van der Waals surface area contributed by atoms with Crippen molar-refractivity contribution >= 4 is 10.0 Å². The number of sulfonamides is 1. The lowest BCUT2D eigenvalue weighted by Gasteiger charge is -2.12. The Labute approximate surface area is 108 Å². The van der Waals surface area contributed by atoms with Crippen molar-refractivity contribution in [2.75, 3.05) is 20.3 Å². The van der Waals surface area contributed by atoms with Crippen molar-refractivity contribution < 1.29 is 13.2 Å². The van der Waals surface area contributed by atoms with Crippen LogP contribution in [0, 0.1) is 6.92 Å². The SMILES string of the molecule is COCC(N)CCNS(=O)(=O)c1ccccc1C. The summed E-state index contributed by atoms with van der Waals surface area (Å²) in [5.41, 5.74) is 6.45. The van der Waals surface area contributed by atoms with Crippen LogP contribution in [-0.4, -0.2) is 34.7 Å². The third kappa shape index (κ3) is 4.38. The van der Waals surface area contributed by atoms with E-state index in [4.69, 9.17) is 10.5 Å². The zero-order chi connectivity index (χ0) is 13.6. The van der Waals surface area contributed by atoms with E-state index >= 15 is 0 Å². The van der Waals surface area contributed by atoms with Gasteiger partial charge in [0.2, 0.25) is 10.0 Å². The van der Waals surface area contributed by atoms with Crippen LogP contribution in [-0.2, 0) is 14.8 Å². The molecular formula is C12H20N2O3S. The number of hydrogen-bond acceptors (Lipinski definition) is 4. The molecule has 0 bridgehead atoms. The number of nitrogens with one attached hydrogen (secondary N) is 1. The molecule has 0 aromatic heterocycles. The molecule has 1 atom stereocenters. The van der Waals surface area contributed by atoms with Crippen molar-refractivity contribution in [1.29, 1.82) is 0 Å². The van der Waals surface area contributed by atoms with Crippen molar-refractivity contribution in [3.05, 3.63) is 29.8 Å². The van der Waals surface area contributed by atoms with Gasteiger partial charge in [-0.2, -0.15) is 0 Å². The zero-order valence-electron chi connectivity index (χ0n) is 10.7. The summed E-state index contributed by atoms with van der Waals surface area (Å²) in [6, 6.07) is 6.72. The summed E-state index contributed by atoms with van der Waals surface area (Å²) in [6.07, 6.45) is 0.541. The molecule has 3 N–H and O–H groups in total. The molecule has 0 saturated heterocycles. The molecule has 1 unspecified atom stereocenters. The zero-order valence-corrected chi connectivity index (χ0v) is 11.5. The number of nitrogens with two attached hydrogens (primary N) is 1. The van der Waals surface area contributed by atoms with E-state index in [9.17, 15) is 8.42 Å². The second-order valence-corrected chi connectivity index (χ2v) is 5.90. The predicted molar refractivity (Wildman–Crippen MR) is 70.8 cm³/mol. The minimum Gasteiger partial charge on any atom is -0.383 e. The Hall–Kier alpha value is -0.950. The normalized spacial score (nSPS) is 13.5. The van der Waals surface area contributed by atoms with Gasteiger partial charge in [0.1, 0.15) is 0 Å². The Kier molecular flexibility index (Phi) is 5.74. The minimum atomic E-state index is -3.45. The van der Waals surface area contributed by atoms with Gasteiger partial charge in [-0.25, -0.2) is 13.1 Å². The monoisotopic (exact) mass is 272 g/mol. The Bertz CT molecular complexity index is 474. The molecule has 102 valence electrons. The molecule has 18 heavy (non-hydrogen) atoms. The van der Waals surface area contributed by atoms with E-state index in [0.29, 0.717) is 24.5 Å². The first-order valence-corrected chi connectivity index (χ1v) is 7.25. The molecule has 0 fully saturated rings. The van der Waals surface area contributed by atoms with E-state index in [2.05, 4.69) is 4.72 Å². The van der Waals surface area contributed by atoms with Gasteiger partial charge in [-0.05, 0) is 25.0 Å². The van der Waals surface area contributed by atoms with Crippen LogP contribution < -0.4 is 10.5 Å². The van der Waals surface area contributed by atoms with Gasteiger partial charge in [0.15, 0.2) is 0 Å². The van der Waals surface area contributed by atoms with E-state index < -0.39 is 10.0 Å². The highest BCUT2D eigenvalue weighted by Gasteiger charge is 2.15. The number of hydrogen-bond donors (Lipinski definition) is 2. The molecule has 0 aliphatic heterocycles. The fourth-order valence-electron chi connectivity index (χ4n) is 1.61. The molecule has 1 aromatic rings. The Morgan fingerprint density at radius 2 is 2.06 bits per heavy atom. The van der Waals surface area contributed by atoms with E-state index in [1.807, 2.05) is 6.07 Å². The summed E-state index contributed by atoms with van der Waals surface area (Å²) in [5, 5.41) is 0. The van der Waals surface area contributed by atoms with Gasteiger partial charge < -0.3 is 10.5 Å². The third-order valence-electron chi connectivity index (χ3n) is 2.57. The molecule has 0 spiro atoms. The van der Waals surface area contributed by atoms with Gasteiger partial charge in [-0.15, -0.1) is 0 Å². The quantitative estimate of drug-likeness (QED) is 0.763. The Morgan fingerprint density at radius 1 is 1.39 bits per heavy atom.